The van der Waals surface area contributed by atoms with Crippen molar-refractivity contribution in [2.75, 3.05) is 25.9 Å². The predicted octanol–water partition coefficient (Wildman–Crippen LogP) is 1.51. The Labute approximate surface area is 149 Å². The van der Waals surface area contributed by atoms with Crippen molar-refractivity contribution < 1.29 is 9.18 Å². The molecule has 1 fully saturated rings. The zero-order valence-electron chi connectivity index (χ0n) is 14.2. The first-order valence-corrected chi connectivity index (χ1v) is 8.93. The van der Waals surface area contributed by atoms with Gasteiger partial charge in [0.05, 0.1) is 10.7 Å². The topological polar surface area (TPSA) is 88.2 Å². The molecule has 134 valence electrons. The molecule has 0 saturated carbocycles. The van der Waals surface area contributed by atoms with Crippen molar-refractivity contribution in [3.05, 3.63) is 34.2 Å². The lowest BCUT2D eigenvalue weighted by Crippen LogP contribution is -2.41. The van der Waals surface area contributed by atoms with Gasteiger partial charge >= 0.3 is 0 Å². The van der Waals surface area contributed by atoms with Crippen molar-refractivity contribution in [1.82, 2.24) is 24.8 Å². The van der Waals surface area contributed by atoms with Crippen LogP contribution in [0.2, 0.25) is 0 Å². The summed E-state index contributed by atoms with van der Waals surface area (Å²) in [6, 6.07) is -0.0659. The highest BCUT2D eigenvalue weighted by Gasteiger charge is 2.34. The SMILES string of the molecule is Cc1nc(CN2C[C@@H](F)C[C@H]2CN(C)C(=O)c2nccnc2N)cs1. The Kier molecular flexibility index (Phi) is 5.24. The number of likely N-dealkylation sites (N-methyl/N-ethyl adjacent to an activating group) is 1. The molecular formula is C16H21FN6OS. The van der Waals surface area contributed by atoms with Crippen LogP contribution in [0, 0.1) is 6.92 Å². The lowest BCUT2D eigenvalue weighted by Gasteiger charge is -2.27. The van der Waals surface area contributed by atoms with E-state index in [4.69, 9.17) is 5.73 Å². The van der Waals surface area contributed by atoms with Gasteiger partial charge in [0.1, 0.15) is 6.17 Å². The van der Waals surface area contributed by atoms with Gasteiger partial charge in [0.15, 0.2) is 11.5 Å². The standard InChI is InChI=1S/C16H21FN6OS/c1-10-21-12(9-25-10)7-23-6-11(17)5-13(23)8-22(2)16(24)14-15(18)20-4-3-19-14/h3-4,9,11,13H,5-8H2,1-2H3,(H2,18,20)/t11-,13-/m0/s1. The first-order valence-electron chi connectivity index (χ1n) is 8.05. The molecule has 2 aromatic rings. The van der Waals surface area contributed by atoms with Crippen molar-refractivity contribution in [2.24, 2.45) is 0 Å². The van der Waals surface area contributed by atoms with Gasteiger partial charge in [-0.3, -0.25) is 9.69 Å². The third-order valence-electron chi connectivity index (χ3n) is 4.27. The van der Waals surface area contributed by atoms with Crippen molar-refractivity contribution >= 4 is 23.1 Å². The summed E-state index contributed by atoms with van der Waals surface area (Å²) < 4.78 is 14.0. The Hall–Kier alpha value is -2.13. The summed E-state index contributed by atoms with van der Waals surface area (Å²) >= 11 is 1.58. The number of aryl methyl sites for hydroxylation is 1. The maximum absolute atomic E-state index is 14.0. The number of nitrogens with two attached hydrogens (primary N) is 1. The number of aromatic nitrogens is 3. The maximum Gasteiger partial charge on any atom is 0.276 e. The molecule has 0 unspecified atom stereocenters. The van der Waals surface area contributed by atoms with E-state index in [-0.39, 0.29) is 23.5 Å². The molecule has 3 heterocycles. The van der Waals surface area contributed by atoms with Gasteiger partial charge in [-0.05, 0) is 13.3 Å². The van der Waals surface area contributed by atoms with Crippen LogP contribution in [0.1, 0.15) is 27.6 Å². The number of amides is 1. The Balaban J connectivity index is 1.67. The molecule has 0 aliphatic carbocycles. The van der Waals surface area contributed by atoms with Crippen molar-refractivity contribution in [3.8, 4) is 0 Å². The van der Waals surface area contributed by atoms with E-state index in [9.17, 15) is 9.18 Å². The van der Waals surface area contributed by atoms with E-state index in [1.165, 1.54) is 17.3 Å². The number of halogens is 1. The van der Waals surface area contributed by atoms with Crippen LogP contribution < -0.4 is 5.73 Å². The molecular weight excluding hydrogens is 343 g/mol. The number of rotatable bonds is 5. The number of thiazole rings is 1. The van der Waals surface area contributed by atoms with E-state index in [0.717, 1.165) is 10.7 Å². The van der Waals surface area contributed by atoms with E-state index in [1.807, 2.05) is 17.2 Å². The average molecular weight is 364 g/mol. The molecule has 1 aliphatic heterocycles. The minimum atomic E-state index is -0.894. The highest BCUT2D eigenvalue weighted by molar-refractivity contribution is 7.09. The fraction of sp³-hybridized carbons (Fsp3) is 0.500. The number of likely N-dealkylation sites (tertiary alicyclic amines) is 1. The van der Waals surface area contributed by atoms with E-state index >= 15 is 0 Å². The second kappa shape index (κ2) is 7.40. The molecule has 7 nitrogen and oxygen atoms in total. The molecule has 0 spiro atoms. The summed E-state index contributed by atoms with van der Waals surface area (Å²) in [4.78, 5) is 28.4. The van der Waals surface area contributed by atoms with Gasteiger partial charge in [-0.25, -0.2) is 19.3 Å². The minimum Gasteiger partial charge on any atom is -0.382 e. The number of anilines is 1. The Bertz CT molecular complexity index is 754. The molecule has 2 atom stereocenters. The van der Waals surface area contributed by atoms with E-state index < -0.39 is 6.17 Å². The molecule has 1 amide bonds. The van der Waals surface area contributed by atoms with Gasteiger partial charge in [0.2, 0.25) is 0 Å². The number of hydrogen-bond donors (Lipinski definition) is 1. The summed E-state index contributed by atoms with van der Waals surface area (Å²) in [6.07, 6.45) is 2.38. The summed E-state index contributed by atoms with van der Waals surface area (Å²) in [7, 11) is 1.67. The number of nitrogen functional groups attached to an aromatic ring is 1. The summed E-state index contributed by atoms with van der Waals surface area (Å²) in [6.45, 7) is 3.30. The summed E-state index contributed by atoms with van der Waals surface area (Å²) in [5.41, 5.74) is 6.79. The van der Waals surface area contributed by atoms with E-state index in [1.54, 1.807) is 18.4 Å². The lowest BCUT2D eigenvalue weighted by molar-refractivity contribution is 0.0744. The molecule has 0 bridgehead atoms. The first kappa shape index (κ1) is 17.7. The van der Waals surface area contributed by atoms with Gasteiger partial charge in [0, 0.05) is 50.5 Å². The third-order valence-corrected chi connectivity index (χ3v) is 5.09. The monoisotopic (exact) mass is 364 g/mol. The number of alkyl halides is 1. The minimum absolute atomic E-state index is 0.0659. The molecule has 2 N–H and O–H groups in total. The predicted molar refractivity (Wildman–Crippen MR) is 94.0 cm³/mol. The van der Waals surface area contributed by atoms with Crippen LogP contribution in [0.25, 0.3) is 0 Å². The molecule has 2 aromatic heterocycles. The maximum atomic E-state index is 14.0. The molecule has 0 radical (unpaired) electrons. The molecule has 0 aromatic carbocycles. The third kappa shape index (κ3) is 4.10. The lowest BCUT2D eigenvalue weighted by atomic mass is 10.2. The number of carbonyl (C=O) groups excluding carboxylic acids is 1. The molecule has 1 saturated heterocycles. The normalized spacial score (nSPS) is 20.8. The summed E-state index contributed by atoms with van der Waals surface area (Å²) in [5, 5.41) is 2.99. The zero-order chi connectivity index (χ0) is 18.0. The highest BCUT2D eigenvalue weighted by Crippen LogP contribution is 2.24. The van der Waals surface area contributed by atoms with Gasteiger partial charge in [-0.1, -0.05) is 0 Å². The fourth-order valence-electron chi connectivity index (χ4n) is 3.09. The molecule has 3 rings (SSSR count). The largest absolute Gasteiger partial charge is 0.382 e. The Morgan fingerprint density at radius 2 is 2.24 bits per heavy atom. The molecule has 1 aliphatic rings. The van der Waals surface area contributed by atoms with Crippen LogP contribution in [0.4, 0.5) is 10.2 Å². The van der Waals surface area contributed by atoms with Crippen molar-refractivity contribution in [1.29, 1.82) is 0 Å². The molecule has 25 heavy (non-hydrogen) atoms. The van der Waals surface area contributed by atoms with Crippen LogP contribution >= 0.6 is 11.3 Å². The quantitative estimate of drug-likeness (QED) is 0.865. The second-order valence-corrected chi connectivity index (χ2v) is 7.31. The fourth-order valence-corrected chi connectivity index (χ4v) is 3.69. The van der Waals surface area contributed by atoms with E-state index in [2.05, 4.69) is 15.0 Å². The van der Waals surface area contributed by atoms with Gasteiger partial charge in [0.25, 0.3) is 5.91 Å². The highest BCUT2D eigenvalue weighted by atomic mass is 32.1. The second-order valence-electron chi connectivity index (χ2n) is 6.25. The first-order chi connectivity index (χ1) is 11.9. The van der Waals surface area contributed by atoms with Crippen LogP contribution in [-0.4, -0.2) is 63.0 Å². The van der Waals surface area contributed by atoms with Crippen molar-refractivity contribution in [3.63, 3.8) is 0 Å². The van der Waals surface area contributed by atoms with Crippen LogP contribution in [0.5, 0.6) is 0 Å². The van der Waals surface area contributed by atoms with E-state index in [0.29, 0.717) is 26.1 Å². The van der Waals surface area contributed by atoms with Crippen molar-refractivity contribution in [2.45, 2.75) is 32.1 Å². The number of nitrogens with zero attached hydrogens (tertiary/aromatic N) is 5. The van der Waals surface area contributed by atoms with Crippen LogP contribution in [-0.2, 0) is 6.54 Å². The van der Waals surface area contributed by atoms with Gasteiger partial charge in [-0.2, -0.15) is 0 Å². The number of carbonyl (C=O) groups is 1. The van der Waals surface area contributed by atoms with Gasteiger partial charge in [-0.15, -0.1) is 11.3 Å². The van der Waals surface area contributed by atoms with Crippen LogP contribution in [0.15, 0.2) is 17.8 Å². The number of hydrogen-bond acceptors (Lipinski definition) is 7. The van der Waals surface area contributed by atoms with Gasteiger partial charge < -0.3 is 10.6 Å². The van der Waals surface area contributed by atoms with Crippen LogP contribution in [0.3, 0.4) is 0 Å². The average Bonchev–Trinajstić information content (AvgIpc) is 3.13. The summed E-state index contributed by atoms with van der Waals surface area (Å²) in [5.74, 6) is -0.207. The Morgan fingerprint density at radius 1 is 1.48 bits per heavy atom. The Morgan fingerprint density at radius 3 is 2.92 bits per heavy atom. The smallest absolute Gasteiger partial charge is 0.276 e. The zero-order valence-corrected chi connectivity index (χ0v) is 15.0. The molecule has 9 heteroatoms.